The maximum absolute atomic E-state index is 12.2. The van der Waals surface area contributed by atoms with E-state index in [2.05, 4.69) is 39.8 Å². The lowest BCUT2D eigenvalue weighted by Gasteiger charge is -2.22. The van der Waals surface area contributed by atoms with E-state index >= 15 is 0 Å². The van der Waals surface area contributed by atoms with Crippen molar-refractivity contribution in [1.82, 2.24) is 20.2 Å². The number of nitrogens with zero attached hydrogens (tertiary/aromatic N) is 3. The number of fused-ring (bicyclic) bond motifs is 1. The summed E-state index contributed by atoms with van der Waals surface area (Å²) in [6, 6.07) is 14.8. The number of thioether (sulfide) groups is 1. The lowest BCUT2D eigenvalue weighted by atomic mass is 9.95. The number of carbonyl (C=O) groups is 1. The Kier molecular flexibility index (Phi) is 5.81. The fraction of sp³-hybridized carbons (Fsp3) is 0.381. The van der Waals surface area contributed by atoms with E-state index in [9.17, 15) is 4.79 Å². The molecule has 1 saturated carbocycles. The summed E-state index contributed by atoms with van der Waals surface area (Å²) in [5.41, 5.74) is 1.16. The molecule has 0 spiro atoms. The van der Waals surface area contributed by atoms with Gasteiger partial charge in [0.1, 0.15) is 0 Å². The van der Waals surface area contributed by atoms with Gasteiger partial charge in [0.05, 0.1) is 5.75 Å². The molecule has 2 aromatic carbocycles. The maximum Gasteiger partial charge on any atom is 0.230 e. The highest BCUT2D eigenvalue weighted by molar-refractivity contribution is 7.99. The van der Waals surface area contributed by atoms with E-state index in [0.29, 0.717) is 29.2 Å². The van der Waals surface area contributed by atoms with Gasteiger partial charge in [-0.25, -0.2) is 4.68 Å². The number of nitrogens with two attached hydrogens (primary N) is 1. The van der Waals surface area contributed by atoms with Gasteiger partial charge < -0.3 is 11.2 Å². The van der Waals surface area contributed by atoms with Crippen LogP contribution in [-0.2, 0) is 11.2 Å². The minimum atomic E-state index is 0.0375. The van der Waals surface area contributed by atoms with Gasteiger partial charge in [0.15, 0.2) is 5.82 Å². The first kappa shape index (κ1) is 18.8. The largest absolute Gasteiger partial charge is 0.353 e. The van der Waals surface area contributed by atoms with Crippen LogP contribution < -0.4 is 11.2 Å². The van der Waals surface area contributed by atoms with Crippen molar-refractivity contribution in [3.63, 3.8) is 0 Å². The van der Waals surface area contributed by atoms with Crippen molar-refractivity contribution in [1.29, 1.82) is 0 Å². The van der Waals surface area contributed by atoms with Crippen LogP contribution in [-0.4, -0.2) is 32.6 Å². The second-order valence-corrected chi connectivity index (χ2v) is 8.22. The zero-order chi connectivity index (χ0) is 19.3. The first-order chi connectivity index (χ1) is 13.7. The molecule has 1 amide bonds. The third-order valence-corrected chi connectivity index (χ3v) is 6.21. The number of hydrogen-bond donors (Lipinski definition) is 2. The molecule has 0 aliphatic heterocycles. The molecular weight excluding hydrogens is 370 g/mol. The van der Waals surface area contributed by atoms with E-state index in [0.717, 1.165) is 18.4 Å². The SMILES string of the molecule is Nn1c(Cc2cccc3ccccc23)nnc1SCC(=O)NC1CCCCC1. The zero-order valence-corrected chi connectivity index (χ0v) is 16.6. The quantitative estimate of drug-likeness (QED) is 0.494. The molecule has 4 rings (SSSR count). The topological polar surface area (TPSA) is 85.8 Å². The number of nitrogens with one attached hydrogen (secondary N) is 1. The van der Waals surface area contributed by atoms with Crippen LogP contribution in [0.25, 0.3) is 10.8 Å². The van der Waals surface area contributed by atoms with Gasteiger partial charge in [-0.1, -0.05) is 73.5 Å². The molecule has 1 aromatic heterocycles. The monoisotopic (exact) mass is 395 g/mol. The minimum absolute atomic E-state index is 0.0375. The Balaban J connectivity index is 1.39. The van der Waals surface area contributed by atoms with E-state index in [-0.39, 0.29) is 5.91 Å². The molecule has 0 saturated heterocycles. The molecule has 1 aliphatic rings. The number of amides is 1. The van der Waals surface area contributed by atoms with Crippen LogP contribution in [0, 0.1) is 0 Å². The molecule has 28 heavy (non-hydrogen) atoms. The van der Waals surface area contributed by atoms with Gasteiger partial charge in [0.2, 0.25) is 11.1 Å². The van der Waals surface area contributed by atoms with Gasteiger partial charge in [-0.15, -0.1) is 10.2 Å². The lowest BCUT2D eigenvalue weighted by molar-refractivity contribution is -0.119. The van der Waals surface area contributed by atoms with Gasteiger partial charge >= 0.3 is 0 Å². The molecule has 1 fully saturated rings. The molecule has 3 N–H and O–H groups in total. The Morgan fingerprint density at radius 1 is 1.11 bits per heavy atom. The molecule has 6 nitrogen and oxygen atoms in total. The van der Waals surface area contributed by atoms with Crippen molar-refractivity contribution in [2.24, 2.45) is 0 Å². The van der Waals surface area contributed by atoms with Crippen LogP contribution in [0.1, 0.15) is 43.5 Å². The van der Waals surface area contributed by atoms with Crippen LogP contribution in [0.3, 0.4) is 0 Å². The first-order valence-electron chi connectivity index (χ1n) is 9.79. The summed E-state index contributed by atoms with van der Waals surface area (Å²) >= 11 is 1.33. The molecule has 7 heteroatoms. The van der Waals surface area contributed by atoms with E-state index < -0.39 is 0 Å². The van der Waals surface area contributed by atoms with E-state index in [1.807, 2.05) is 18.2 Å². The van der Waals surface area contributed by atoms with Gasteiger partial charge in [0, 0.05) is 12.5 Å². The van der Waals surface area contributed by atoms with Crippen LogP contribution >= 0.6 is 11.8 Å². The summed E-state index contributed by atoms with van der Waals surface area (Å²) in [6.45, 7) is 0. The molecule has 1 heterocycles. The molecule has 1 aliphatic carbocycles. The first-order valence-corrected chi connectivity index (χ1v) is 10.8. The van der Waals surface area contributed by atoms with Crippen molar-refractivity contribution in [2.45, 2.75) is 49.7 Å². The van der Waals surface area contributed by atoms with Gasteiger partial charge in [0.25, 0.3) is 0 Å². The second-order valence-electron chi connectivity index (χ2n) is 7.27. The standard InChI is InChI=1S/C21H25N5OS/c22-26-19(13-16-9-6-8-15-7-4-5-12-18(15)16)24-25-21(26)28-14-20(27)23-17-10-2-1-3-11-17/h4-9,12,17H,1-3,10-11,13-14,22H2,(H,23,27). The number of benzene rings is 2. The maximum atomic E-state index is 12.2. The molecule has 0 atom stereocenters. The molecule has 3 aromatic rings. The van der Waals surface area contributed by atoms with Crippen molar-refractivity contribution in [2.75, 3.05) is 11.6 Å². The van der Waals surface area contributed by atoms with Crippen molar-refractivity contribution in [3.8, 4) is 0 Å². The van der Waals surface area contributed by atoms with Crippen LogP contribution in [0.4, 0.5) is 0 Å². The molecule has 0 radical (unpaired) electrons. The van der Waals surface area contributed by atoms with E-state index in [1.165, 1.54) is 46.5 Å². The summed E-state index contributed by atoms with van der Waals surface area (Å²) < 4.78 is 1.50. The summed E-state index contributed by atoms with van der Waals surface area (Å²) in [6.07, 6.45) is 6.44. The van der Waals surface area contributed by atoms with Gasteiger partial charge in [-0.3, -0.25) is 4.79 Å². The van der Waals surface area contributed by atoms with Crippen molar-refractivity contribution in [3.05, 3.63) is 53.9 Å². The number of carbonyl (C=O) groups excluding carboxylic acids is 1. The van der Waals surface area contributed by atoms with Crippen LogP contribution in [0.15, 0.2) is 47.6 Å². The Labute approximate surface area is 168 Å². The summed E-state index contributed by atoms with van der Waals surface area (Å²) in [4.78, 5) is 12.2. The summed E-state index contributed by atoms with van der Waals surface area (Å²) in [5.74, 6) is 7.23. The van der Waals surface area contributed by atoms with Crippen LogP contribution in [0.2, 0.25) is 0 Å². The second kappa shape index (κ2) is 8.65. The lowest BCUT2D eigenvalue weighted by Crippen LogP contribution is -2.37. The summed E-state index contributed by atoms with van der Waals surface area (Å²) in [5, 5.41) is 14.5. The minimum Gasteiger partial charge on any atom is -0.353 e. The fourth-order valence-electron chi connectivity index (χ4n) is 3.79. The van der Waals surface area contributed by atoms with Crippen LogP contribution in [0.5, 0.6) is 0 Å². The Morgan fingerprint density at radius 2 is 1.89 bits per heavy atom. The highest BCUT2D eigenvalue weighted by Crippen LogP contribution is 2.22. The number of aromatic nitrogens is 3. The van der Waals surface area contributed by atoms with Gasteiger partial charge in [-0.05, 0) is 29.2 Å². The average molecular weight is 396 g/mol. The Bertz CT molecular complexity index is 959. The molecule has 146 valence electrons. The normalized spacial score (nSPS) is 15.0. The zero-order valence-electron chi connectivity index (χ0n) is 15.8. The third-order valence-electron chi connectivity index (χ3n) is 5.27. The number of rotatable bonds is 6. The number of nitrogen functional groups attached to an aromatic ring is 1. The van der Waals surface area contributed by atoms with E-state index in [4.69, 9.17) is 5.84 Å². The fourth-order valence-corrected chi connectivity index (χ4v) is 4.48. The van der Waals surface area contributed by atoms with Gasteiger partial charge in [-0.2, -0.15) is 0 Å². The van der Waals surface area contributed by atoms with Crippen molar-refractivity contribution >= 4 is 28.4 Å². The third kappa shape index (κ3) is 4.30. The number of hydrogen-bond acceptors (Lipinski definition) is 5. The van der Waals surface area contributed by atoms with E-state index in [1.54, 1.807) is 0 Å². The molecular formula is C21H25N5OS. The Morgan fingerprint density at radius 3 is 2.75 bits per heavy atom. The predicted molar refractivity (Wildman–Crippen MR) is 113 cm³/mol. The predicted octanol–water partition coefficient (Wildman–Crippen LogP) is 3.28. The van der Waals surface area contributed by atoms with Crippen molar-refractivity contribution < 1.29 is 4.79 Å². The highest BCUT2D eigenvalue weighted by atomic mass is 32.2. The summed E-state index contributed by atoms with van der Waals surface area (Å²) in [7, 11) is 0. The molecule has 0 bridgehead atoms. The highest BCUT2D eigenvalue weighted by Gasteiger charge is 2.17. The average Bonchev–Trinajstić information content (AvgIpc) is 3.07. The Hall–Kier alpha value is -2.54. The molecule has 0 unspecified atom stereocenters. The smallest absolute Gasteiger partial charge is 0.230 e.